The van der Waals surface area contributed by atoms with Gasteiger partial charge in [0.05, 0.1) is 11.9 Å². The van der Waals surface area contributed by atoms with Crippen LogP contribution in [0.3, 0.4) is 0 Å². The first-order valence-electron chi connectivity index (χ1n) is 12.2. The van der Waals surface area contributed by atoms with Gasteiger partial charge in [-0.15, -0.1) is 0 Å². The lowest BCUT2D eigenvalue weighted by molar-refractivity contribution is 0.483. The molecule has 5 rings (SSSR count). The average Bonchev–Trinajstić information content (AvgIpc) is 3.35. The van der Waals surface area contributed by atoms with E-state index in [4.69, 9.17) is 15.7 Å². The molecule has 4 aromatic heterocycles. The van der Waals surface area contributed by atoms with Gasteiger partial charge in [-0.05, 0) is 36.1 Å². The summed E-state index contributed by atoms with van der Waals surface area (Å²) in [5.41, 5.74) is 11.0. The van der Waals surface area contributed by atoms with Crippen LogP contribution < -0.4 is 11.1 Å². The molecule has 0 fully saturated rings. The Morgan fingerprint density at radius 1 is 0.944 bits per heavy atom. The molecule has 36 heavy (non-hydrogen) atoms. The number of fused-ring (bicyclic) bond motifs is 1. The second kappa shape index (κ2) is 10.6. The van der Waals surface area contributed by atoms with Gasteiger partial charge in [-0.3, -0.25) is 14.6 Å². The zero-order valence-corrected chi connectivity index (χ0v) is 20.5. The molecular weight excluding hydrogens is 448 g/mol. The standard InChI is InChI=1S/C28H30N8/c1-19(2)17-36-18-22(15-33-36)25-26-24(10-13-31-25)28(35-27(34-26)21-8-11-30-12-9-21)32-16-23(29)14-20-6-4-3-5-7-20/h3-13,15,18-19,23H,14,16-17,29H2,1-2H3,(H,32,34,35). The van der Waals surface area contributed by atoms with Gasteiger partial charge in [-0.1, -0.05) is 44.2 Å². The molecule has 0 amide bonds. The Morgan fingerprint density at radius 2 is 1.75 bits per heavy atom. The van der Waals surface area contributed by atoms with E-state index in [-0.39, 0.29) is 6.04 Å². The number of pyridine rings is 2. The van der Waals surface area contributed by atoms with Gasteiger partial charge in [0.2, 0.25) is 0 Å². The van der Waals surface area contributed by atoms with Crippen LogP contribution in [0.2, 0.25) is 0 Å². The largest absolute Gasteiger partial charge is 0.368 e. The Kier molecular flexibility index (Phi) is 6.95. The van der Waals surface area contributed by atoms with Crippen LogP contribution in [0, 0.1) is 5.92 Å². The first kappa shape index (κ1) is 23.6. The zero-order valence-electron chi connectivity index (χ0n) is 20.5. The number of anilines is 1. The molecule has 4 heterocycles. The molecule has 1 atom stereocenters. The number of nitrogens with zero attached hydrogens (tertiary/aromatic N) is 6. The lowest BCUT2D eigenvalue weighted by Gasteiger charge is -2.16. The van der Waals surface area contributed by atoms with E-state index in [1.54, 1.807) is 18.6 Å². The molecular formula is C28H30N8. The van der Waals surface area contributed by atoms with Crippen LogP contribution in [0.15, 0.2) is 79.5 Å². The average molecular weight is 479 g/mol. The third kappa shape index (κ3) is 5.39. The van der Waals surface area contributed by atoms with Gasteiger partial charge in [0.15, 0.2) is 5.82 Å². The van der Waals surface area contributed by atoms with E-state index in [9.17, 15) is 0 Å². The molecule has 8 nitrogen and oxygen atoms in total. The van der Waals surface area contributed by atoms with Gasteiger partial charge in [-0.25, -0.2) is 9.97 Å². The molecule has 1 unspecified atom stereocenters. The number of hydrogen-bond donors (Lipinski definition) is 2. The number of hydrogen-bond acceptors (Lipinski definition) is 7. The quantitative estimate of drug-likeness (QED) is 0.319. The third-order valence-corrected chi connectivity index (χ3v) is 5.88. The highest BCUT2D eigenvalue weighted by atomic mass is 15.3. The van der Waals surface area contributed by atoms with Crippen molar-refractivity contribution in [3.8, 4) is 22.6 Å². The zero-order chi connectivity index (χ0) is 24.9. The molecule has 0 bridgehead atoms. The van der Waals surface area contributed by atoms with Gasteiger partial charge in [0.1, 0.15) is 11.3 Å². The van der Waals surface area contributed by atoms with Crippen molar-refractivity contribution in [3.05, 3.63) is 85.1 Å². The Balaban J connectivity index is 1.52. The van der Waals surface area contributed by atoms with Crippen molar-refractivity contribution in [1.82, 2.24) is 29.7 Å². The maximum absolute atomic E-state index is 6.47. The number of benzene rings is 1. The smallest absolute Gasteiger partial charge is 0.162 e. The SMILES string of the molecule is CC(C)Cn1cc(-c2nccc3c(NCC(N)Cc4ccccc4)nc(-c4ccncc4)nc23)cn1. The fourth-order valence-electron chi connectivity index (χ4n) is 4.21. The molecule has 0 aliphatic carbocycles. The van der Waals surface area contributed by atoms with Gasteiger partial charge in [0, 0.05) is 60.4 Å². The van der Waals surface area contributed by atoms with Crippen molar-refractivity contribution in [2.45, 2.75) is 32.9 Å². The molecule has 0 spiro atoms. The fraction of sp³-hybridized carbons (Fsp3) is 0.250. The van der Waals surface area contributed by atoms with Crippen molar-refractivity contribution in [3.63, 3.8) is 0 Å². The summed E-state index contributed by atoms with van der Waals surface area (Å²) >= 11 is 0. The van der Waals surface area contributed by atoms with E-state index in [0.717, 1.165) is 46.5 Å². The second-order valence-electron chi connectivity index (χ2n) is 9.36. The summed E-state index contributed by atoms with van der Waals surface area (Å²) in [6, 6.07) is 16.0. The minimum atomic E-state index is -0.0719. The maximum atomic E-state index is 6.47. The summed E-state index contributed by atoms with van der Waals surface area (Å²) in [4.78, 5) is 18.6. The summed E-state index contributed by atoms with van der Waals surface area (Å²) in [5.74, 6) is 1.83. The predicted molar refractivity (Wildman–Crippen MR) is 143 cm³/mol. The van der Waals surface area contributed by atoms with Crippen LogP contribution in [0.25, 0.3) is 33.5 Å². The fourth-order valence-corrected chi connectivity index (χ4v) is 4.21. The molecule has 5 aromatic rings. The minimum absolute atomic E-state index is 0.0719. The highest BCUT2D eigenvalue weighted by Crippen LogP contribution is 2.31. The molecule has 0 radical (unpaired) electrons. The van der Waals surface area contributed by atoms with E-state index >= 15 is 0 Å². The summed E-state index contributed by atoms with van der Waals surface area (Å²) in [5, 5.41) is 8.91. The molecule has 1 aromatic carbocycles. The van der Waals surface area contributed by atoms with Crippen LogP contribution in [0.5, 0.6) is 0 Å². The van der Waals surface area contributed by atoms with E-state index in [1.807, 2.05) is 53.5 Å². The van der Waals surface area contributed by atoms with Gasteiger partial charge in [-0.2, -0.15) is 5.10 Å². The molecule has 0 aliphatic heterocycles. The Bertz CT molecular complexity index is 1430. The molecule has 182 valence electrons. The summed E-state index contributed by atoms with van der Waals surface area (Å²) < 4.78 is 1.95. The number of rotatable bonds is 9. The molecule has 8 heteroatoms. The summed E-state index contributed by atoms with van der Waals surface area (Å²) in [6.45, 7) is 5.76. The number of nitrogens with two attached hydrogens (primary N) is 1. The molecule has 0 aliphatic rings. The van der Waals surface area contributed by atoms with Crippen LogP contribution in [-0.4, -0.2) is 42.3 Å². The van der Waals surface area contributed by atoms with E-state index in [0.29, 0.717) is 18.3 Å². The Labute approximate surface area is 210 Å². The van der Waals surface area contributed by atoms with E-state index < -0.39 is 0 Å². The maximum Gasteiger partial charge on any atom is 0.162 e. The van der Waals surface area contributed by atoms with Gasteiger partial charge in [0.25, 0.3) is 0 Å². The Morgan fingerprint density at radius 3 is 2.53 bits per heavy atom. The van der Waals surface area contributed by atoms with Crippen LogP contribution in [0.4, 0.5) is 5.82 Å². The Hall–Kier alpha value is -4.17. The molecule has 3 N–H and O–H groups in total. The third-order valence-electron chi connectivity index (χ3n) is 5.88. The predicted octanol–water partition coefficient (Wildman–Crippen LogP) is 4.59. The van der Waals surface area contributed by atoms with Crippen molar-refractivity contribution in [1.29, 1.82) is 0 Å². The van der Waals surface area contributed by atoms with Gasteiger partial charge >= 0.3 is 0 Å². The molecule has 0 saturated heterocycles. The summed E-state index contributed by atoms with van der Waals surface area (Å²) in [7, 11) is 0. The highest BCUT2D eigenvalue weighted by molar-refractivity contribution is 5.98. The topological polar surface area (TPSA) is 107 Å². The van der Waals surface area contributed by atoms with Crippen LogP contribution in [0.1, 0.15) is 19.4 Å². The lowest BCUT2D eigenvalue weighted by atomic mass is 10.1. The van der Waals surface area contributed by atoms with Crippen molar-refractivity contribution >= 4 is 16.7 Å². The van der Waals surface area contributed by atoms with Crippen molar-refractivity contribution < 1.29 is 0 Å². The molecule has 0 saturated carbocycles. The first-order valence-corrected chi connectivity index (χ1v) is 12.2. The van der Waals surface area contributed by atoms with Crippen molar-refractivity contribution in [2.75, 3.05) is 11.9 Å². The minimum Gasteiger partial charge on any atom is -0.368 e. The normalized spacial score (nSPS) is 12.2. The van der Waals surface area contributed by atoms with E-state index in [1.165, 1.54) is 5.56 Å². The summed E-state index contributed by atoms with van der Waals surface area (Å²) in [6.07, 6.45) is 9.93. The lowest BCUT2D eigenvalue weighted by Crippen LogP contribution is -2.31. The monoisotopic (exact) mass is 478 g/mol. The first-order chi connectivity index (χ1) is 17.6. The number of aromatic nitrogens is 6. The second-order valence-corrected chi connectivity index (χ2v) is 9.36. The van der Waals surface area contributed by atoms with Crippen LogP contribution in [-0.2, 0) is 13.0 Å². The number of nitrogens with one attached hydrogen (secondary N) is 1. The van der Waals surface area contributed by atoms with Gasteiger partial charge < -0.3 is 11.1 Å². The van der Waals surface area contributed by atoms with Crippen LogP contribution >= 0.6 is 0 Å². The van der Waals surface area contributed by atoms with Crippen molar-refractivity contribution in [2.24, 2.45) is 11.7 Å². The van der Waals surface area contributed by atoms with E-state index in [2.05, 4.69) is 46.4 Å². The highest BCUT2D eigenvalue weighted by Gasteiger charge is 2.16.